The van der Waals surface area contributed by atoms with Crippen molar-refractivity contribution in [3.8, 4) is 11.5 Å². The van der Waals surface area contributed by atoms with Crippen LogP contribution in [0.25, 0.3) is 0 Å². The highest BCUT2D eigenvalue weighted by atomic mass is 16.5. The van der Waals surface area contributed by atoms with Gasteiger partial charge in [0, 0.05) is 18.7 Å². The van der Waals surface area contributed by atoms with Gasteiger partial charge in [0.1, 0.15) is 24.2 Å². The fourth-order valence-electron chi connectivity index (χ4n) is 2.81. The summed E-state index contributed by atoms with van der Waals surface area (Å²) in [6.45, 7) is 6.97. The van der Waals surface area contributed by atoms with E-state index in [2.05, 4.69) is 24.8 Å². The van der Waals surface area contributed by atoms with Crippen molar-refractivity contribution in [1.82, 2.24) is 4.90 Å². The highest BCUT2D eigenvalue weighted by Gasteiger charge is 2.15. The van der Waals surface area contributed by atoms with Gasteiger partial charge in [-0.05, 0) is 37.1 Å². The molecule has 4 nitrogen and oxygen atoms in total. The first-order valence-corrected chi connectivity index (χ1v) is 9.28. The second-order valence-corrected chi connectivity index (χ2v) is 7.01. The van der Waals surface area contributed by atoms with Crippen LogP contribution in [0.3, 0.4) is 0 Å². The first kappa shape index (κ1) is 20.3. The van der Waals surface area contributed by atoms with Crippen LogP contribution in [0.15, 0.2) is 54.6 Å². The Labute approximate surface area is 157 Å². The van der Waals surface area contributed by atoms with Gasteiger partial charge < -0.3 is 14.6 Å². The summed E-state index contributed by atoms with van der Waals surface area (Å²) in [5.74, 6) is 2.29. The van der Waals surface area contributed by atoms with E-state index in [1.54, 1.807) is 7.11 Å². The summed E-state index contributed by atoms with van der Waals surface area (Å²) in [7, 11) is 1.69. The topological polar surface area (TPSA) is 41.9 Å². The minimum absolute atomic E-state index is 0.286. The molecule has 4 heteroatoms. The van der Waals surface area contributed by atoms with Crippen molar-refractivity contribution in [2.45, 2.75) is 32.9 Å². The third kappa shape index (κ3) is 7.06. The number of aliphatic hydroxyl groups excluding tert-OH is 1. The van der Waals surface area contributed by atoms with Crippen LogP contribution in [0.1, 0.15) is 25.8 Å². The number of aliphatic hydroxyl groups is 1. The summed E-state index contributed by atoms with van der Waals surface area (Å²) in [6.07, 6.45) is 0.540. The zero-order valence-corrected chi connectivity index (χ0v) is 16.1. The van der Waals surface area contributed by atoms with Crippen molar-refractivity contribution in [1.29, 1.82) is 0 Å². The zero-order valence-electron chi connectivity index (χ0n) is 16.1. The van der Waals surface area contributed by atoms with Gasteiger partial charge in [-0.2, -0.15) is 0 Å². The first-order valence-electron chi connectivity index (χ1n) is 9.28. The molecule has 0 saturated heterocycles. The van der Waals surface area contributed by atoms with E-state index in [1.807, 2.05) is 48.5 Å². The van der Waals surface area contributed by atoms with Gasteiger partial charge in [-0.3, -0.25) is 4.90 Å². The molecule has 0 spiro atoms. The van der Waals surface area contributed by atoms with Crippen LogP contribution in [0, 0.1) is 5.92 Å². The van der Waals surface area contributed by atoms with Crippen LogP contribution >= 0.6 is 0 Å². The molecule has 0 aliphatic carbocycles. The number of methoxy groups -OCH3 is 1. The number of ether oxygens (including phenoxy) is 2. The normalized spacial score (nSPS) is 12.4. The third-order valence-corrected chi connectivity index (χ3v) is 4.26. The first-order chi connectivity index (χ1) is 12.6. The van der Waals surface area contributed by atoms with Crippen LogP contribution in [-0.2, 0) is 6.54 Å². The van der Waals surface area contributed by atoms with Crippen molar-refractivity contribution < 1.29 is 14.6 Å². The maximum atomic E-state index is 10.5. The Bertz CT molecular complexity index is 630. The van der Waals surface area contributed by atoms with Crippen LogP contribution in [-0.4, -0.2) is 42.9 Å². The Morgan fingerprint density at radius 2 is 1.69 bits per heavy atom. The smallest absolute Gasteiger partial charge is 0.123 e. The molecular formula is C22H31NO3. The van der Waals surface area contributed by atoms with Crippen LogP contribution < -0.4 is 9.47 Å². The summed E-state index contributed by atoms with van der Waals surface area (Å²) < 4.78 is 11.2. The SMILES string of the molecule is COc1ccccc1CN(CCC(C)C)C[C@H](O)COc1ccccc1. The second kappa shape index (κ2) is 10.8. The largest absolute Gasteiger partial charge is 0.496 e. The Hall–Kier alpha value is -2.04. The molecule has 0 bridgehead atoms. The van der Waals surface area contributed by atoms with Crippen LogP contribution in [0.2, 0.25) is 0 Å². The van der Waals surface area contributed by atoms with Gasteiger partial charge in [-0.25, -0.2) is 0 Å². The molecule has 0 heterocycles. The minimum Gasteiger partial charge on any atom is -0.496 e. The number of benzene rings is 2. The molecule has 2 aromatic carbocycles. The number of para-hydroxylation sites is 2. The molecule has 26 heavy (non-hydrogen) atoms. The quantitative estimate of drug-likeness (QED) is 0.660. The predicted octanol–water partition coefficient (Wildman–Crippen LogP) is 3.98. The van der Waals surface area contributed by atoms with Crippen molar-refractivity contribution in [3.05, 3.63) is 60.2 Å². The average molecular weight is 357 g/mol. The molecule has 1 atom stereocenters. The molecular weight excluding hydrogens is 326 g/mol. The lowest BCUT2D eigenvalue weighted by atomic mass is 10.1. The summed E-state index contributed by atoms with van der Waals surface area (Å²) in [5.41, 5.74) is 1.13. The fourth-order valence-corrected chi connectivity index (χ4v) is 2.81. The van der Waals surface area contributed by atoms with Gasteiger partial charge in [0.25, 0.3) is 0 Å². The van der Waals surface area contributed by atoms with E-state index in [-0.39, 0.29) is 6.61 Å². The molecule has 0 unspecified atom stereocenters. The molecule has 142 valence electrons. The summed E-state index contributed by atoms with van der Waals surface area (Å²) in [5, 5.41) is 10.5. The number of nitrogens with zero attached hydrogens (tertiary/aromatic N) is 1. The molecule has 0 radical (unpaired) electrons. The second-order valence-electron chi connectivity index (χ2n) is 7.01. The van der Waals surface area contributed by atoms with E-state index < -0.39 is 6.10 Å². The Kier molecular flexibility index (Phi) is 8.45. The Morgan fingerprint density at radius 1 is 1.00 bits per heavy atom. The van der Waals surface area contributed by atoms with Crippen molar-refractivity contribution >= 4 is 0 Å². The molecule has 0 aliphatic heterocycles. The van der Waals surface area contributed by atoms with E-state index in [0.717, 1.165) is 36.6 Å². The summed E-state index contributed by atoms with van der Waals surface area (Å²) in [4.78, 5) is 2.27. The number of hydrogen-bond donors (Lipinski definition) is 1. The molecule has 0 fully saturated rings. The zero-order chi connectivity index (χ0) is 18.8. The third-order valence-electron chi connectivity index (χ3n) is 4.26. The molecule has 2 aromatic rings. The molecule has 0 saturated carbocycles. The van der Waals surface area contributed by atoms with Crippen molar-refractivity contribution in [2.75, 3.05) is 26.8 Å². The highest BCUT2D eigenvalue weighted by Crippen LogP contribution is 2.20. The van der Waals surface area contributed by atoms with E-state index in [0.29, 0.717) is 12.5 Å². The lowest BCUT2D eigenvalue weighted by Crippen LogP contribution is -2.36. The molecule has 0 aliphatic rings. The molecule has 0 amide bonds. The molecule has 2 rings (SSSR count). The van der Waals surface area contributed by atoms with Gasteiger partial charge in [-0.15, -0.1) is 0 Å². The Balaban J connectivity index is 1.94. The van der Waals surface area contributed by atoms with Gasteiger partial charge in [0.15, 0.2) is 0 Å². The Morgan fingerprint density at radius 3 is 2.38 bits per heavy atom. The summed E-state index contributed by atoms with van der Waals surface area (Å²) in [6, 6.07) is 17.7. The highest BCUT2D eigenvalue weighted by molar-refractivity contribution is 5.33. The van der Waals surface area contributed by atoms with E-state index >= 15 is 0 Å². The van der Waals surface area contributed by atoms with Crippen LogP contribution in [0.5, 0.6) is 11.5 Å². The predicted molar refractivity (Wildman–Crippen MR) is 106 cm³/mol. The maximum absolute atomic E-state index is 10.5. The molecule has 1 N–H and O–H groups in total. The van der Waals surface area contributed by atoms with Crippen molar-refractivity contribution in [2.24, 2.45) is 5.92 Å². The van der Waals surface area contributed by atoms with Crippen LogP contribution in [0.4, 0.5) is 0 Å². The maximum Gasteiger partial charge on any atom is 0.123 e. The average Bonchev–Trinajstić information content (AvgIpc) is 2.65. The number of rotatable bonds is 11. The lowest BCUT2D eigenvalue weighted by Gasteiger charge is -2.26. The monoisotopic (exact) mass is 357 g/mol. The van der Waals surface area contributed by atoms with Gasteiger partial charge in [0.2, 0.25) is 0 Å². The minimum atomic E-state index is -0.544. The van der Waals surface area contributed by atoms with E-state index in [9.17, 15) is 5.11 Å². The van der Waals surface area contributed by atoms with Gasteiger partial charge in [-0.1, -0.05) is 50.2 Å². The fraction of sp³-hybridized carbons (Fsp3) is 0.455. The molecule has 0 aromatic heterocycles. The summed E-state index contributed by atoms with van der Waals surface area (Å²) >= 11 is 0. The van der Waals surface area contributed by atoms with Crippen molar-refractivity contribution in [3.63, 3.8) is 0 Å². The standard InChI is InChI=1S/C22H31NO3/c1-18(2)13-14-23(15-19-9-7-8-12-22(19)25-3)16-20(24)17-26-21-10-5-4-6-11-21/h4-12,18,20,24H,13-17H2,1-3H3/t20-/m0/s1. The van der Waals surface area contributed by atoms with E-state index in [4.69, 9.17) is 9.47 Å². The van der Waals surface area contributed by atoms with Gasteiger partial charge >= 0.3 is 0 Å². The van der Waals surface area contributed by atoms with E-state index in [1.165, 1.54) is 0 Å². The van der Waals surface area contributed by atoms with Gasteiger partial charge in [0.05, 0.1) is 7.11 Å². The number of hydrogen-bond acceptors (Lipinski definition) is 4. The lowest BCUT2D eigenvalue weighted by molar-refractivity contribution is 0.0637.